The van der Waals surface area contributed by atoms with Crippen LogP contribution >= 0.6 is 0 Å². The molecule has 1 fully saturated rings. The van der Waals surface area contributed by atoms with Gasteiger partial charge in [0.05, 0.1) is 0 Å². The van der Waals surface area contributed by atoms with E-state index in [9.17, 15) is 4.79 Å². The fourth-order valence-electron chi connectivity index (χ4n) is 3.09. The molecule has 1 atom stereocenters. The lowest BCUT2D eigenvalue weighted by Crippen LogP contribution is -2.21. The van der Waals surface area contributed by atoms with Crippen molar-refractivity contribution in [1.29, 1.82) is 0 Å². The van der Waals surface area contributed by atoms with Crippen LogP contribution in [0.3, 0.4) is 0 Å². The molecule has 0 aromatic heterocycles. The Bertz CT molecular complexity index is 275. The minimum Gasteiger partial charge on any atom is -0.319 e. The standard InChI is InChI=1S/C18H33NO/c1-3-5-6-7-8-9-10-11-12-13-14-17-15-16-19(4-2)18(17)20/h4,17H,2-3,5-16H2,1H3. The number of hydrogen-bond donors (Lipinski definition) is 0. The Morgan fingerprint density at radius 2 is 1.60 bits per heavy atom. The summed E-state index contributed by atoms with van der Waals surface area (Å²) in [6, 6.07) is 0. The molecule has 1 heterocycles. The summed E-state index contributed by atoms with van der Waals surface area (Å²) in [4.78, 5) is 13.7. The summed E-state index contributed by atoms with van der Waals surface area (Å²) in [5.41, 5.74) is 0. The fraction of sp³-hybridized carbons (Fsp3) is 0.833. The van der Waals surface area contributed by atoms with Crippen LogP contribution in [-0.4, -0.2) is 17.4 Å². The van der Waals surface area contributed by atoms with Crippen molar-refractivity contribution in [3.63, 3.8) is 0 Å². The van der Waals surface area contributed by atoms with Gasteiger partial charge < -0.3 is 4.90 Å². The Morgan fingerprint density at radius 3 is 2.10 bits per heavy atom. The third kappa shape index (κ3) is 6.58. The van der Waals surface area contributed by atoms with Gasteiger partial charge in [0, 0.05) is 12.5 Å². The zero-order valence-corrected chi connectivity index (χ0v) is 13.4. The maximum absolute atomic E-state index is 11.9. The van der Waals surface area contributed by atoms with Gasteiger partial charge in [0.15, 0.2) is 0 Å². The summed E-state index contributed by atoms with van der Waals surface area (Å²) < 4.78 is 0. The Balaban J connectivity index is 1.88. The number of unbranched alkanes of at least 4 members (excludes halogenated alkanes) is 9. The van der Waals surface area contributed by atoms with Crippen LogP contribution in [-0.2, 0) is 4.79 Å². The molecule has 1 aliphatic rings. The van der Waals surface area contributed by atoms with E-state index in [1.54, 1.807) is 11.1 Å². The van der Waals surface area contributed by atoms with Crippen molar-refractivity contribution in [2.45, 2.75) is 84.0 Å². The van der Waals surface area contributed by atoms with Crippen LogP contribution in [0.25, 0.3) is 0 Å². The van der Waals surface area contributed by atoms with E-state index in [-0.39, 0.29) is 5.92 Å². The average Bonchev–Trinajstić information content (AvgIpc) is 2.81. The molecule has 0 saturated carbocycles. The van der Waals surface area contributed by atoms with Gasteiger partial charge in [-0.15, -0.1) is 0 Å². The summed E-state index contributed by atoms with van der Waals surface area (Å²) >= 11 is 0. The lowest BCUT2D eigenvalue weighted by Gasteiger charge is -2.10. The normalized spacial score (nSPS) is 18.8. The summed E-state index contributed by atoms with van der Waals surface area (Å²) in [6.07, 6.45) is 17.4. The molecule has 0 aromatic rings. The molecule has 1 rings (SSSR count). The van der Waals surface area contributed by atoms with Gasteiger partial charge in [-0.05, 0) is 19.0 Å². The van der Waals surface area contributed by atoms with Crippen molar-refractivity contribution >= 4 is 5.91 Å². The molecule has 0 bridgehead atoms. The van der Waals surface area contributed by atoms with Gasteiger partial charge in [0.1, 0.15) is 0 Å². The number of carbonyl (C=O) groups excluding carboxylic acids is 1. The van der Waals surface area contributed by atoms with E-state index in [1.165, 1.54) is 64.2 Å². The third-order valence-corrected chi connectivity index (χ3v) is 4.48. The first-order valence-electron chi connectivity index (χ1n) is 8.72. The second-order valence-electron chi connectivity index (χ2n) is 6.17. The van der Waals surface area contributed by atoms with Gasteiger partial charge in [-0.1, -0.05) is 77.7 Å². The summed E-state index contributed by atoms with van der Waals surface area (Å²) in [7, 11) is 0. The molecule has 1 unspecified atom stereocenters. The van der Waals surface area contributed by atoms with Crippen molar-refractivity contribution in [1.82, 2.24) is 4.90 Å². The number of carbonyl (C=O) groups is 1. The van der Waals surface area contributed by atoms with Crippen LogP contribution in [0.1, 0.15) is 84.0 Å². The number of rotatable bonds is 12. The molecule has 1 amide bonds. The largest absolute Gasteiger partial charge is 0.319 e. The molecule has 20 heavy (non-hydrogen) atoms. The van der Waals surface area contributed by atoms with Crippen LogP contribution in [0.4, 0.5) is 0 Å². The van der Waals surface area contributed by atoms with E-state index >= 15 is 0 Å². The monoisotopic (exact) mass is 279 g/mol. The number of nitrogens with zero attached hydrogens (tertiary/aromatic N) is 1. The Kier molecular flexibility index (Phi) is 9.44. The van der Waals surface area contributed by atoms with Crippen molar-refractivity contribution in [3.8, 4) is 0 Å². The topological polar surface area (TPSA) is 20.3 Å². The van der Waals surface area contributed by atoms with Crippen LogP contribution in [0.15, 0.2) is 12.8 Å². The Hall–Kier alpha value is -0.790. The lowest BCUT2D eigenvalue weighted by atomic mass is 9.99. The second kappa shape index (κ2) is 10.9. The second-order valence-corrected chi connectivity index (χ2v) is 6.17. The van der Waals surface area contributed by atoms with Gasteiger partial charge in [-0.2, -0.15) is 0 Å². The van der Waals surface area contributed by atoms with Crippen LogP contribution < -0.4 is 0 Å². The van der Waals surface area contributed by atoms with Crippen LogP contribution in [0.5, 0.6) is 0 Å². The van der Waals surface area contributed by atoms with Crippen molar-refractivity contribution in [2.75, 3.05) is 6.54 Å². The highest BCUT2D eigenvalue weighted by Gasteiger charge is 2.28. The highest BCUT2D eigenvalue weighted by molar-refractivity contribution is 5.81. The predicted octanol–water partition coefficient (Wildman–Crippen LogP) is 5.29. The number of hydrogen-bond acceptors (Lipinski definition) is 1. The first-order chi connectivity index (χ1) is 9.79. The zero-order chi connectivity index (χ0) is 14.6. The molecule has 0 spiro atoms. The van der Waals surface area contributed by atoms with E-state index in [4.69, 9.17) is 0 Å². The third-order valence-electron chi connectivity index (χ3n) is 4.48. The van der Waals surface area contributed by atoms with Crippen molar-refractivity contribution < 1.29 is 4.79 Å². The van der Waals surface area contributed by atoms with Crippen LogP contribution in [0, 0.1) is 5.92 Å². The van der Waals surface area contributed by atoms with E-state index in [2.05, 4.69) is 13.5 Å². The predicted molar refractivity (Wildman–Crippen MR) is 86.5 cm³/mol. The minimum atomic E-state index is 0.280. The molecule has 0 radical (unpaired) electrons. The minimum absolute atomic E-state index is 0.280. The van der Waals surface area contributed by atoms with Crippen LogP contribution in [0.2, 0.25) is 0 Å². The smallest absolute Gasteiger partial charge is 0.229 e. The SMILES string of the molecule is C=CN1CCC(CCCCCCCCCCCC)C1=O. The molecular weight excluding hydrogens is 246 g/mol. The molecule has 1 saturated heterocycles. The maximum Gasteiger partial charge on any atom is 0.229 e. The zero-order valence-electron chi connectivity index (χ0n) is 13.4. The Labute approximate surface area is 125 Å². The number of amides is 1. The molecule has 116 valence electrons. The molecule has 1 aliphatic heterocycles. The fourth-order valence-corrected chi connectivity index (χ4v) is 3.09. The van der Waals surface area contributed by atoms with E-state index in [1.807, 2.05) is 0 Å². The van der Waals surface area contributed by atoms with Gasteiger partial charge in [-0.3, -0.25) is 4.79 Å². The van der Waals surface area contributed by atoms with Gasteiger partial charge in [-0.25, -0.2) is 0 Å². The summed E-state index contributed by atoms with van der Waals surface area (Å²) in [5.74, 6) is 0.581. The molecule has 0 aliphatic carbocycles. The molecule has 2 heteroatoms. The molecule has 0 N–H and O–H groups in total. The van der Waals surface area contributed by atoms with E-state index < -0.39 is 0 Å². The first-order valence-corrected chi connectivity index (χ1v) is 8.72. The van der Waals surface area contributed by atoms with Gasteiger partial charge in [0.25, 0.3) is 0 Å². The van der Waals surface area contributed by atoms with E-state index in [0.29, 0.717) is 5.91 Å². The quantitative estimate of drug-likeness (QED) is 0.444. The maximum atomic E-state index is 11.9. The average molecular weight is 279 g/mol. The summed E-state index contributed by atoms with van der Waals surface area (Å²) in [5, 5.41) is 0. The molecule has 2 nitrogen and oxygen atoms in total. The number of likely N-dealkylation sites (tertiary alicyclic amines) is 1. The van der Waals surface area contributed by atoms with Crippen molar-refractivity contribution in [2.24, 2.45) is 5.92 Å². The lowest BCUT2D eigenvalue weighted by molar-refractivity contribution is -0.128. The molecular formula is C18H33NO. The van der Waals surface area contributed by atoms with Gasteiger partial charge in [0.2, 0.25) is 5.91 Å². The first kappa shape index (κ1) is 17.3. The highest BCUT2D eigenvalue weighted by atomic mass is 16.2. The van der Waals surface area contributed by atoms with Crippen molar-refractivity contribution in [3.05, 3.63) is 12.8 Å². The highest BCUT2D eigenvalue weighted by Crippen LogP contribution is 2.24. The van der Waals surface area contributed by atoms with Gasteiger partial charge >= 0.3 is 0 Å². The van der Waals surface area contributed by atoms with E-state index in [0.717, 1.165) is 19.4 Å². The molecule has 0 aromatic carbocycles. The Morgan fingerprint density at radius 1 is 1.05 bits per heavy atom. The summed E-state index contributed by atoms with van der Waals surface area (Å²) in [6.45, 7) is 6.84.